The standard InChI is InChI=1S/C10H13F3N2O2/c11-10(12,13)9(16)5-15-4-8(3-14-15)7-1-2-17-6-7/h3-4,7,9,16H,1-2,5-6H2/t7?,9-/m0/s1. The van der Waals surface area contributed by atoms with E-state index in [-0.39, 0.29) is 5.92 Å². The zero-order valence-electron chi connectivity index (χ0n) is 9.02. The molecule has 2 heterocycles. The Bertz CT molecular complexity index is 372. The number of rotatable bonds is 3. The van der Waals surface area contributed by atoms with E-state index < -0.39 is 18.8 Å². The van der Waals surface area contributed by atoms with E-state index >= 15 is 0 Å². The van der Waals surface area contributed by atoms with Crippen LogP contribution in [-0.4, -0.2) is 40.4 Å². The zero-order chi connectivity index (χ0) is 12.5. The molecule has 96 valence electrons. The second-order valence-corrected chi connectivity index (χ2v) is 4.11. The van der Waals surface area contributed by atoms with Gasteiger partial charge in [0.2, 0.25) is 0 Å². The number of ether oxygens (including phenoxy) is 1. The monoisotopic (exact) mass is 250 g/mol. The lowest BCUT2D eigenvalue weighted by atomic mass is 10.0. The Morgan fingerprint density at radius 2 is 2.35 bits per heavy atom. The van der Waals surface area contributed by atoms with Crippen molar-refractivity contribution < 1.29 is 23.0 Å². The minimum atomic E-state index is -4.61. The molecule has 1 aliphatic heterocycles. The molecule has 1 fully saturated rings. The molecule has 1 unspecified atom stereocenters. The Labute approximate surface area is 96.0 Å². The van der Waals surface area contributed by atoms with Gasteiger partial charge in [-0.1, -0.05) is 0 Å². The van der Waals surface area contributed by atoms with Gasteiger partial charge in [0.05, 0.1) is 19.3 Å². The summed E-state index contributed by atoms with van der Waals surface area (Å²) < 4.78 is 42.7. The molecule has 17 heavy (non-hydrogen) atoms. The summed E-state index contributed by atoms with van der Waals surface area (Å²) in [6.45, 7) is 0.672. The summed E-state index contributed by atoms with van der Waals surface area (Å²) >= 11 is 0. The highest BCUT2D eigenvalue weighted by molar-refractivity contribution is 5.12. The summed E-state index contributed by atoms with van der Waals surface area (Å²) in [4.78, 5) is 0. The first-order chi connectivity index (χ1) is 7.97. The van der Waals surface area contributed by atoms with E-state index in [4.69, 9.17) is 9.84 Å². The summed E-state index contributed by atoms with van der Waals surface area (Å²) in [5.41, 5.74) is 0.858. The fraction of sp³-hybridized carbons (Fsp3) is 0.700. The van der Waals surface area contributed by atoms with Crippen molar-refractivity contribution in [3.05, 3.63) is 18.0 Å². The predicted octanol–water partition coefficient (Wildman–Crippen LogP) is 1.31. The van der Waals surface area contributed by atoms with Crippen LogP contribution in [-0.2, 0) is 11.3 Å². The maximum Gasteiger partial charge on any atom is 0.416 e. The second-order valence-electron chi connectivity index (χ2n) is 4.11. The van der Waals surface area contributed by atoms with Crippen molar-refractivity contribution in [2.45, 2.75) is 31.2 Å². The molecule has 0 saturated carbocycles. The van der Waals surface area contributed by atoms with Crippen LogP contribution in [0.1, 0.15) is 17.9 Å². The van der Waals surface area contributed by atoms with Crippen LogP contribution in [0.25, 0.3) is 0 Å². The van der Waals surface area contributed by atoms with Crippen LogP contribution >= 0.6 is 0 Å². The average Bonchev–Trinajstić information content (AvgIpc) is 2.83. The van der Waals surface area contributed by atoms with Crippen molar-refractivity contribution in [3.8, 4) is 0 Å². The van der Waals surface area contributed by atoms with Crippen LogP contribution < -0.4 is 0 Å². The third kappa shape index (κ3) is 2.98. The fourth-order valence-corrected chi connectivity index (χ4v) is 1.77. The van der Waals surface area contributed by atoms with Crippen LogP contribution in [0.3, 0.4) is 0 Å². The van der Waals surface area contributed by atoms with Crippen LogP contribution in [0.15, 0.2) is 12.4 Å². The van der Waals surface area contributed by atoms with Crippen molar-refractivity contribution in [3.63, 3.8) is 0 Å². The Morgan fingerprint density at radius 3 is 2.94 bits per heavy atom. The average molecular weight is 250 g/mol. The Hall–Kier alpha value is -1.08. The van der Waals surface area contributed by atoms with E-state index in [0.717, 1.165) is 16.7 Å². The molecule has 0 amide bonds. The minimum absolute atomic E-state index is 0.201. The summed E-state index contributed by atoms with van der Waals surface area (Å²) in [7, 11) is 0. The molecule has 1 saturated heterocycles. The van der Waals surface area contributed by atoms with Gasteiger partial charge in [-0.15, -0.1) is 0 Å². The van der Waals surface area contributed by atoms with Crippen molar-refractivity contribution in [1.29, 1.82) is 0 Å². The van der Waals surface area contributed by atoms with E-state index in [2.05, 4.69) is 5.10 Å². The lowest BCUT2D eigenvalue weighted by Gasteiger charge is -2.14. The number of aromatic nitrogens is 2. The van der Waals surface area contributed by atoms with E-state index in [1.165, 1.54) is 12.4 Å². The van der Waals surface area contributed by atoms with Crippen LogP contribution in [0.4, 0.5) is 13.2 Å². The lowest BCUT2D eigenvalue weighted by Crippen LogP contribution is -2.32. The number of nitrogens with zero attached hydrogens (tertiary/aromatic N) is 2. The Balaban J connectivity index is 1.98. The van der Waals surface area contributed by atoms with Gasteiger partial charge in [0.15, 0.2) is 6.10 Å². The van der Waals surface area contributed by atoms with Crippen molar-refractivity contribution >= 4 is 0 Å². The highest BCUT2D eigenvalue weighted by Crippen LogP contribution is 2.25. The predicted molar refractivity (Wildman–Crippen MR) is 52.5 cm³/mol. The maximum absolute atomic E-state index is 12.1. The van der Waals surface area contributed by atoms with Crippen LogP contribution in [0, 0.1) is 0 Å². The van der Waals surface area contributed by atoms with Gasteiger partial charge in [0.25, 0.3) is 0 Å². The van der Waals surface area contributed by atoms with Gasteiger partial charge in [-0.2, -0.15) is 18.3 Å². The van der Waals surface area contributed by atoms with Crippen molar-refractivity contribution in [2.24, 2.45) is 0 Å². The largest absolute Gasteiger partial charge is 0.416 e. The van der Waals surface area contributed by atoms with E-state index in [0.29, 0.717) is 13.2 Å². The third-order valence-electron chi connectivity index (χ3n) is 2.79. The maximum atomic E-state index is 12.1. The fourth-order valence-electron chi connectivity index (χ4n) is 1.77. The molecule has 1 aliphatic rings. The first-order valence-electron chi connectivity index (χ1n) is 5.31. The Morgan fingerprint density at radius 1 is 1.59 bits per heavy atom. The van der Waals surface area contributed by atoms with Gasteiger partial charge in [0.1, 0.15) is 0 Å². The first kappa shape index (κ1) is 12.4. The smallest absolute Gasteiger partial charge is 0.382 e. The highest BCUT2D eigenvalue weighted by atomic mass is 19.4. The van der Waals surface area contributed by atoms with Crippen LogP contribution in [0.5, 0.6) is 0 Å². The van der Waals surface area contributed by atoms with E-state index in [1.807, 2.05) is 0 Å². The third-order valence-corrected chi connectivity index (χ3v) is 2.79. The summed E-state index contributed by atoms with van der Waals surface area (Å²) in [5.74, 6) is 0.201. The highest BCUT2D eigenvalue weighted by Gasteiger charge is 2.38. The lowest BCUT2D eigenvalue weighted by molar-refractivity contribution is -0.208. The minimum Gasteiger partial charge on any atom is -0.382 e. The molecule has 1 aromatic heterocycles. The molecular weight excluding hydrogens is 237 g/mol. The van der Waals surface area contributed by atoms with E-state index in [1.54, 1.807) is 0 Å². The molecule has 0 radical (unpaired) electrons. The summed E-state index contributed by atoms with van der Waals surface area (Å²) in [6.07, 6.45) is -3.07. The summed E-state index contributed by atoms with van der Waals surface area (Å²) in [5, 5.41) is 12.7. The molecule has 4 nitrogen and oxygen atoms in total. The number of alkyl halides is 3. The molecule has 0 aromatic carbocycles. The quantitative estimate of drug-likeness (QED) is 0.879. The summed E-state index contributed by atoms with van der Waals surface area (Å²) in [6, 6.07) is 0. The molecule has 0 spiro atoms. The second kappa shape index (κ2) is 4.66. The molecule has 0 aliphatic carbocycles. The zero-order valence-corrected chi connectivity index (χ0v) is 9.02. The normalized spacial score (nSPS) is 22.9. The number of hydrogen-bond acceptors (Lipinski definition) is 3. The van der Waals surface area contributed by atoms with Gasteiger partial charge >= 0.3 is 6.18 Å². The molecular formula is C10H13F3N2O2. The molecule has 7 heteroatoms. The topological polar surface area (TPSA) is 47.3 Å². The van der Waals surface area contributed by atoms with Crippen LogP contribution in [0.2, 0.25) is 0 Å². The number of hydrogen-bond donors (Lipinski definition) is 1. The molecule has 2 atom stereocenters. The van der Waals surface area contributed by atoms with Crippen molar-refractivity contribution in [1.82, 2.24) is 9.78 Å². The van der Waals surface area contributed by atoms with Gasteiger partial charge in [0, 0.05) is 18.7 Å². The van der Waals surface area contributed by atoms with Gasteiger partial charge < -0.3 is 9.84 Å². The van der Waals surface area contributed by atoms with Gasteiger partial charge in [-0.25, -0.2) is 0 Å². The van der Waals surface area contributed by atoms with Gasteiger partial charge in [-0.05, 0) is 12.0 Å². The number of halogens is 3. The van der Waals surface area contributed by atoms with Crippen molar-refractivity contribution in [2.75, 3.05) is 13.2 Å². The molecule has 2 rings (SSSR count). The number of aliphatic hydroxyl groups is 1. The SMILES string of the molecule is O[C@@H](Cn1cc(C2CCOC2)cn1)C(F)(F)F. The molecule has 0 bridgehead atoms. The molecule has 1 aromatic rings. The first-order valence-corrected chi connectivity index (χ1v) is 5.31. The molecule has 1 N–H and O–H groups in total. The van der Waals surface area contributed by atoms with Gasteiger partial charge in [-0.3, -0.25) is 4.68 Å². The van der Waals surface area contributed by atoms with E-state index in [9.17, 15) is 13.2 Å². The Kier molecular flexibility index (Phi) is 3.39. The number of aliphatic hydroxyl groups excluding tert-OH is 1.